The number of hydrogen-bond acceptors (Lipinski definition) is 4. The first-order valence-corrected chi connectivity index (χ1v) is 8.95. The lowest BCUT2D eigenvalue weighted by Crippen LogP contribution is -2.02. The van der Waals surface area contributed by atoms with Gasteiger partial charge in [0.25, 0.3) is 0 Å². The van der Waals surface area contributed by atoms with Crippen molar-refractivity contribution in [2.75, 3.05) is 0 Å². The van der Waals surface area contributed by atoms with Crippen LogP contribution in [-0.2, 0) is 0 Å². The van der Waals surface area contributed by atoms with Gasteiger partial charge in [-0.1, -0.05) is 48.5 Å². The average molecular weight is 368 g/mol. The molecule has 28 heavy (non-hydrogen) atoms. The van der Waals surface area contributed by atoms with Crippen LogP contribution in [-0.4, -0.2) is 10.2 Å². The first-order valence-electron chi connectivity index (χ1n) is 8.95. The van der Waals surface area contributed by atoms with Gasteiger partial charge in [-0.2, -0.15) is 0 Å². The zero-order valence-electron chi connectivity index (χ0n) is 15.1. The van der Waals surface area contributed by atoms with Crippen molar-refractivity contribution < 1.29 is 14.6 Å². The SMILES string of the molecule is Cc1cccc2cccc(-c3c4ccc(=O)c(O)c-4oc4c(O)cccc34)c12. The van der Waals surface area contributed by atoms with Gasteiger partial charge in [0.1, 0.15) is 0 Å². The minimum Gasteiger partial charge on any atom is -0.504 e. The fourth-order valence-electron chi connectivity index (χ4n) is 3.96. The third kappa shape index (κ3) is 2.21. The average Bonchev–Trinajstić information content (AvgIpc) is 2.70. The van der Waals surface area contributed by atoms with Crippen molar-refractivity contribution >= 4 is 21.7 Å². The van der Waals surface area contributed by atoms with Crippen LogP contribution >= 0.6 is 0 Å². The molecule has 0 aromatic heterocycles. The van der Waals surface area contributed by atoms with Crippen LogP contribution in [0.25, 0.3) is 44.2 Å². The summed E-state index contributed by atoms with van der Waals surface area (Å²) in [5.74, 6) is -0.434. The molecule has 0 saturated heterocycles. The summed E-state index contributed by atoms with van der Waals surface area (Å²) in [6.45, 7) is 2.05. The van der Waals surface area contributed by atoms with Crippen LogP contribution < -0.4 is 5.43 Å². The molecule has 0 fully saturated rings. The number of hydrogen-bond donors (Lipinski definition) is 2. The van der Waals surface area contributed by atoms with Gasteiger partial charge in [0.15, 0.2) is 17.1 Å². The Morgan fingerprint density at radius 3 is 2.39 bits per heavy atom. The highest BCUT2D eigenvalue weighted by Gasteiger charge is 2.23. The van der Waals surface area contributed by atoms with E-state index in [1.54, 1.807) is 12.1 Å². The van der Waals surface area contributed by atoms with E-state index >= 15 is 0 Å². The Morgan fingerprint density at radius 1 is 0.821 bits per heavy atom. The molecule has 5 rings (SSSR count). The summed E-state index contributed by atoms with van der Waals surface area (Å²) in [6.07, 6.45) is 0. The molecule has 1 heterocycles. The molecule has 0 radical (unpaired) electrons. The number of phenols is 2. The molecule has 0 amide bonds. The molecule has 0 atom stereocenters. The second-order valence-corrected chi connectivity index (χ2v) is 6.90. The molecule has 4 heteroatoms. The van der Waals surface area contributed by atoms with Gasteiger partial charge in [0.05, 0.1) is 0 Å². The van der Waals surface area contributed by atoms with E-state index in [4.69, 9.17) is 4.42 Å². The minimum atomic E-state index is -0.522. The van der Waals surface area contributed by atoms with Crippen molar-refractivity contribution in [3.05, 3.63) is 82.5 Å². The van der Waals surface area contributed by atoms with Gasteiger partial charge < -0.3 is 14.6 Å². The van der Waals surface area contributed by atoms with E-state index in [0.717, 1.165) is 27.5 Å². The van der Waals surface area contributed by atoms with Gasteiger partial charge in [-0.05, 0) is 47.0 Å². The molecule has 4 nitrogen and oxygen atoms in total. The Morgan fingerprint density at radius 2 is 1.57 bits per heavy atom. The van der Waals surface area contributed by atoms with Crippen LogP contribution in [0.2, 0.25) is 0 Å². The summed E-state index contributed by atoms with van der Waals surface area (Å²) in [7, 11) is 0. The molecule has 1 aliphatic heterocycles. The van der Waals surface area contributed by atoms with Crippen LogP contribution in [0.3, 0.4) is 0 Å². The van der Waals surface area contributed by atoms with Crippen LogP contribution in [0.1, 0.15) is 5.56 Å². The molecular weight excluding hydrogens is 352 g/mol. The molecular formula is C24H16O4. The Labute approximate surface area is 160 Å². The van der Waals surface area contributed by atoms with E-state index in [2.05, 4.69) is 0 Å². The number of phenolic OH excluding ortho intramolecular Hbond substituents is 2. The molecule has 0 spiro atoms. The van der Waals surface area contributed by atoms with E-state index in [9.17, 15) is 15.0 Å². The van der Waals surface area contributed by atoms with Crippen molar-refractivity contribution in [2.24, 2.45) is 0 Å². The fraction of sp³-hybridized carbons (Fsp3) is 0.0417. The molecule has 0 unspecified atom stereocenters. The molecule has 2 N–H and O–H groups in total. The highest BCUT2D eigenvalue weighted by Crippen LogP contribution is 2.46. The lowest BCUT2D eigenvalue weighted by molar-refractivity contribution is 0.440. The van der Waals surface area contributed by atoms with Crippen molar-refractivity contribution in [3.8, 4) is 33.9 Å². The Bertz CT molecular complexity index is 1410. The normalized spacial score (nSPS) is 11.5. The molecule has 1 aliphatic carbocycles. The van der Waals surface area contributed by atoms with Gasteiger partial charge in [0, 0.05) is 16.5 Å². The number of benzene rings is 4. The van der Waals surface area contributed by atoms with Crippen molar-refractivity contribution in [2.45, 2.75) is 6.92 Å². The smallest absolute Gasteiger partial charge is 0.224 e. The van der Waals surface area contributed by atoms with Crippen LogP contribution in [0.15, 0.2) is 75.9 Å². The van der Waals surface area contributed by atoms with Crippen LogP contribution in [0.5, 0.6) is 11.5 Å². The topological polar surface area (TPSA) is 70.7 Å². The Hall–Kier alpha value is -3.79. The van der Waals surface area contributed by atoms with Crippen molar-refractivity contribution in [3.63, 3.8) is 0 Å². The first kappa shape index (κ1) is 16.4. The maximum absolute atomic E-state index is 12.0. The maximum Gasteiger partial charge on any atom is 0.224 e. The molecule has 0 saturated carbocycles. The van der Waals surface area contributed by atoms with Gasteiger partial charge in [-0.3, -0.25) is 4.79 Å². The third-order valence-electron chi connectivity index (χ3n) is 5.21. The maximum atomic E-state index is 12.0. The monoisotopic (exact) mass is 368 g/mol. The lowest BCUT2D eigenvalue weighted by atomic mass is 9.89. The van der Waals surface area contributed by atoms with E-state index in [-0.39, 0.29) is 17.1 Å². The van der Waals surface area contributed by atoms with E-state index in [0.29, 0.717) is 10.9 Å². The summed E-state index contributed by atoms with van der Waals surface area (Å²) in [5, 5.41) is 23.6. The highest BCUT2D eigenvalue weighted by molar-refractivity contribution is 6.11. The third-order valence-corrected chi connectivity index (χ3v) is 5.21. The minimum absolute atomic E-state index is 0.0479. The predicted molar refractivity (Wildman–Crippen MR) is 110 cm³/mol. The lowest BCUT2D eigenvalue weighted by Gasteiger charge is -2.18. The van der Waals surface area contributed by atoms with Gasteiger partial charge in [-0.25, -0.2) is 0 Å². The first-order chi connectivity index (χ1) is 13.6. The van der Waals surface area contributed by atoms with Crippen molar-refractivity contribution in [1.82, 2.24) is 0 Å². The Kier molecular flexibility index (Phi) is 3.43. The van der Waals surface area contributed by atoms with Gasteiger partial charge in [0.2, 0.25) is 11.2 Å². The highest BCUT2D eigenvalue weighted by atomic mass is 16.4. The van der Waals surface area contributed by atoms with E-state index in [1.165, 1.54) is 12.1 Å². The van der Waals surface area contributed by atoms with Gasteiger partial charge in [-0.15, -0.1) is 0 Å². The van der Waals surface area contributed by atoms with Gasteiger partial charge >= 0.3 is 0 Å². The standard InChI is InChI=1S/C24H16O4/c1-13-5-2-6-14-7-3-8-15(20(13)14)21-16-9-4-10-19(26)23(16)28-24-17(21)11-12-18(25)22(24)27/h2-12,26-27H,1H3. The van der Waals surface area contributed by atoms with E-state index in [1.807, 2.05) is 49.4 Å². The molecule has 0 bridgehead atoms. The largest absolute Gasteiger partial charge is 0.504 e. The zero-order valence-corrected chi connectivity index (χ0v) is 15.1. The second-order valence-electron chi connectivity index (χ2n) is 6.90. The number of rotatable bonds is 1. The molecule has 3 aromatic carbocycles. The predicted octanol–water partition coefficient (Wildman–Crippen LogP) is 5.44. The van der Waals surface area contributed by atoms with E-state index < -0.39 is 11.2 Å². The molecule has 2 aliphatic rings. The fourth-order valence-corrected chi connectivity index (χ4v) is 3.96. The summed E-state index contributed by atoms with van der Waals surface area (Å²) in [6, 6.07) is 20.3. The summed E-state index contributed by atoms with van der Waals surface area (Å²) < 4.78 is 5.79. The summed E-state index contributed by atoms with van der Waals surface area (Å²) in [4.78, 5) is 12.0. The van der Waals surface area contributed by atoms with Crippen molar-refractivity contribution in [1.29, 1.82) is 0 Å². The number of aromatic hydroxyl groups is 2. The quantitative estimate of drug-likeness (QED) is 0.387. The number of aryl methyl sites for hydroxylation is 1. The molecule has 136 valence electrons. The van der Waals surface area contributed by atoms with Crippen LogP contribution in [0.4, 0.5) is 0 Å². The summed E-state index contributed by atoms with van der Waals surface area (Å²) in [5.41, 5.74) is 3.20. The van der Waals surface area contributed by atoms with Crippen LogP contribution in [0, 0.1) is 6.92 Å². The number of fused-ring (bicyclic) bond motifs is 3. The zero-order chi connectivity index (χ0) is 19.4. The Balaban J connectivity index is 2.07. The number of para-hydroxylation sites is 1. The summed E-state index contributed by atoms with van der Waals surface area (Å²) >= 11 is 0. The molecule has 3 aromatic rings. The second kappa shape index (κ2) is 5.86.